The average Bonchev–Trinajstić information content (AvgIpc) is 2.71. The molecule has 1 saturated heterocycles. The largest absolute Gasteiger partial charge is 0.383 e. The molecule has 138 valence electrons. The first-order valence-corrected chi connectivity index (χ1v) is 9.58. The molecule has 0 aromatic heterocycles. The third kappa shape index (κ3) is 4.25. The van der Waals surface area contributed by atoms with Gasteiger partial charge in [-0.3, -0.25) is 4.79 Å². The normalized spacial score (nSPS) is 18.6. The zero-order valence-corrected chi connectivity index (χ0v) is 15.5. The number of nitriles is 1. The molecule has 1 aliphatic heterocycles. The topological polar surface area (TPSA) is 65.4 Å². The van der Waals surface area contributed by atoms with Gasteiger partial charge in [-0.1, -0.05) is 25.1 Å². The SMILES string of the molecule is CCC(N/C=C(/C#N)C(=O)N1CCOCC1)c1ccc2c(c1)CCCC2. The molecule has 1 aromatic carbocycles. The summed E-state index contributed by atoms with van der Waals surface area (Å²) < 4.78 is 5.27. The molecule has 0 saturated carbocycles. The Kier molecular flexibility index (Phi) is 6.30. The van der Waals surface area contributed by atoms with E-state index in [9.17, 15) is 10.1 Å². The van der Waals surface area contributed by atoms with Crippen molar-refractivity contribution in [2.24, 2.45) is 0 Å². The van der Waals surface area contributed by atoms with E-state index in [4.69, 9.17) is 4.74 Å². The second kappa shape index (κ2) is 8.86. The Morgan fingerprint density at radius 3 is 2.73 bits per heavy atom. The Bertz CT molecular complexity index is 714. The molecular formula is C21H27N3O2. The van der Waals surface area contributed by atoms with Gasteiger partial charge in [-0.25, -0.2) is 0 Å². The first-order valence-electron chi connectivity index (χ1n) is 9.58. The fourth-order valence-electron chi connectivity index (χ4n) is 3.68. The predicted octanol–water partition coefficient (Wildman–Crippen LogP) is 2.87. The van der Waals surface area contributed by atoms with E-state index in [1.54, 1.807) is 11.1 Å². The molecule has 1 aliphatic carbocycles. The molecule has 1 heterocycles. The maximum absolute atomic E-state index is 12.5. The summed E-state index contributed by atoms with van der Waals surface area (Å²) in [6, 6.07) is 8.85. The van der Waals surface area contributed by atoms with Gasteiger partial charge in [0.25, 0.3) is 5.91 Å². The quantitative estimate of drug-likeness (QED) is 0.653. The monoisotopic (exact) mass is 353 g/mol. The standard InChI is InChI=1S/C21H27N3O2/c1-2-20(18-8-7-16-5-3-4-6-17(16)13-18)23-15-19(14-22)21(25)24-9-11-26-12-10-24/h7-8,13,15,20,23H,2-6,9-12H2,1H3/b19-15-. The van der Waals surface area contributed by atoms with E-state index in [0.29, 0.717) is 26.3 Å². The molecule has 1 N–H and O–H groups in total. The minimum Gasteiger partial charge on any atom is -0.383 e. The molecule has 2 aliphatic rings. The zero-order valence-electron chi connectivity index (χ0n) is 15.5. The van der Waals surface area contributed by atoms with Crippen molar-refractivity contribution in [1.29, 1.82) is 5.26 Å². The van der Waals surface area contributed by atoms with Crippen LogP contribution in [0.25, 0.3) is 0 Å². The van der Waals surface area contributed by atoms with Crippen LogP contribution < -0.4 is 5.32 Å². The maximum atomic E-state index is 12.5. The van der Waals surface area contributed by atoms with Crippen LogP contribution in [0.2, 0.25) is 0 Å². The van der Waals surface area contributed by atoms with Gasteiger partial charge in [0.1, 0.15) is 11.6 Å². The summed E-state index contributed by atoms with van der Waals surface area (Å²) in [5.41, 5.74) is 4.29. The van der Waals surface area contributed by atoms with Crippen molar-refractivity contribution in [2.75, 3.05) is 26.3 Å². The van der Waals surface area contributed by atoms with Crippen molar-refractivity contribution in [3.63, 3.8) is 0 Å². The van der Waals surface area contributed by atoms with Crippen LogP contribution in [0.4, 0.5) is 0 Å². The third-order valence-corrected chi connectivity index (χ3v) is 5.26. The number of rotatable bonds is 5. The number of hydrogen-bond donors (Lipinski definition) is 1. The van der Waals surface area contributed by atoms with Crippen molar-refractivity contribution in [3.8, 4) is 6.07 Å². The highest BCUT2D eigenvalue weighted by atomic mass is 16.5. The van der Waals surface area contributed by atoms with E-state index in [2.05, 4.69) is 30.4 Å². The number of benzene rings is 1. The maximum Gasteiger partial charge on any atom is 0.266 e. The lowest BCUT2D eigenvalue weighted by Gasteiger charge is -2.26. The van der Waals surface area contributed by atoms with Gasteiger partial charge in [0.2, 0.25) is 0 Å². The van der Waals surface area contributed by atoms with E-state index in [1.807, 2.05) is 6.07 Å². The number of carbonyl (C=O) groups excluding carboxylic acids is 1. The molecule has 3 rings (SSSR count). The van der Waals surface area contributed by atoms with E-state index >= 15 is 0 Å². The second-order valence-electron chi connectivity index (χ2n) is 6.94. The molecule has 1 fully saturated rings. The third-order valence-electron chi connectivity index (χ3n) is 5.26. The fourth-order valence-corrected chi connectivity index (χ4v) is 3.68. The van der Waals surface area contributed by atoms with Gasteiger partial charge in [0, 0.05) is 19.3 Å². The highest BCUT2D eigenvalue weighted by Gasteiger charge is 2.21. The lowest BCUT2D eigenvalue weighted by atomic mass is 9.89. The van der Waals surface area contributed by atoms with Crippen LogP contribution in [0.15, 0.2) is 30.0 Å². The fraction of sp³-hybridized carbons (Fsp3) is 0.524. The number of ether oxygens (including phenoxy) is 1. The first-order chi connectivity index (χ1) is 12.7. The number of morpholine rings is 1. The van der Waals surface area contributed by atoms with Crippen LogP contribution in [0.5, 0.6) is 0 Å². The van der Waals surface area contributed by atoms with Gasteiger partial charge >= 0.3 is 0 Å². The smallest absolute Gasteiger partial charge is 0.266 e. The molecule has 0 bridgehead atoms. The second-order valence-corrected chi connectivity index (χ2v) is 6.94. The summed E-state index contributed by atoms with van der Waals surface area (Å²) in [4.78, 5) is 14.2. The lowest BCUT2D eigenvalue weighted by Crippen LogP contribution is -2.41. The molecule has 1 unspecified atom stereocenters. The van der Waals surface area contributed by atoms with Gasteiger partial charge < -0.3 is 15.0 Å². The molecular weight excluding hydrogens is 326 g/mol. The number of fused-ring (bicyclic) bond motifs is 1. The Hall–Kier alpha value is -2.32. The molecule has 1 atom stereocenters. The van der Waals surface area contributed by atoms with Gasteiger partial charge in [-0.15, -0.1) is 0 Å². The summed E-state index contributed by atoms with van der Waals surface area (Å²) in [5.74, 6) is -0.219. The van der Waals surface area contributed by atoms with Gasteiger partial charge in [-0.05, 0) is 48.8 Å². The summed E-state index contributed by atoms with van der Waals surface area (Å²) in [7, 11) is 0. The van der Waals surface area contributed by atoms with Crippen molar-refractivity contribution in [3.05, 3.63) is 46.7 Å². The number of carbonyl (C=O) groups is 1. The highest BCUT2D eigenvalue weighted by molar-refractivity contribution is 5.97. The Morgan fingerprint density at radius 2 is 2.04 bits per heavy atom. The predicted molar refractivity (Wildman–Crippen MR) is 100 cm³/mol. The van der Waals surface area contributed by atoms with Crippen molar-refractivity contribution in [1.82, 2.24) is 10.2 Å². The molecule has 5 nitrogen and oxygen atoms in total. The minimum atomic E-state index is -0.219. The summed E-state index contributed by atoms with van der Waals surface area (Å²) >= 11 is 0. The summed E-state index contributed by atoms with van der Waals surface area (Å²) in [5, 5.41) is 12.7. The number of nitrogens with zero attached hydrogens (tertiary/aromatic N) is 2. The van der Waals surface area contributed by atoms with Crippen molar-refractivity contribution >= 4 is 5.91 Å². The molecule has 26 heavy (non-hydrogen) atoms. The zero-order chi connectivity index (χ0) is 18.4. The van der Waals surface area contributed by atoms with Crippen molar-refractivity contribution in [2.45, 2.75) is 45.1 Å². The number of hydrogen-bond acceptors (Lipinski definition) is 4. The van der Waals surface area contributed by atoms with Crippen LogP contribution in [-0.2, 0) is 22.4 Å². The molecule has 1 aromatic rings. The van der Waals surface area contributed by atoms with Crippen LogP contribution >= 0.6 is 0 Å². The van der Waals surface area contributed by atoms with E-state index in [0.717, 1.165) is 12.8 Å². The van der Waals surface area contributed by atoms with E-state index in [1.165, 1.54) is 36.0 Å². The molecule has 5 heteroatoms. The van der Waals surface area contributed by atoms with Crippen LogP contribution in [0, 0.1) is 11.3 Å². The minimum absolute atomic E-state index is 0.100. The summed E-state index contributed by atoms with van der Waals surface area (Å²) in [6.45, 7) is 4.26. The first kappa shape index (κ1) is 18.5. The molecule has 1 amide bonds. The van der Waals surface area contributed by atoms with E-state index < -0.39 is 0 Å². The number of amides is 1. The Morgan fingerprint density at radius 1 is 1.31 bits per heavy atom. The Balaban J connectivity index is 1.71. The highest BCUT2D eigenvalue weighted by Crippen LogP contribution is 2.26. The van der Waals surface area contributed by atoms with Gasteiger partial charge in [0.15, 0.2) is 0 Å². The molecule has 0 radical (unpaired) electrons. The average molecular weight is 353 g/mol. The van der Waals surface area contributed by atoms with E-state index in [-0.39, 0.29) is 17.5 Å². The number of nitrogens with one attached hydrogen (secondary N) is 1. The van der Waals surface area contributed by atoms with Crippen LogP contribution in [0.1, 0.15) is 48.9 Å². The van der Waals surface area contributed by atoms with Crippen LogP contribution in [-0.4, -0.2) is 37.1 Å². The van der Waals surface area contributed by atoms with Gasteiger partial charge in [-0.2, -0.15) is 5.26 Å². The van der Waals surface area contributed by atoms with Crippen molar-refractivity contribution < 1.29 is 9.53 Å². The number of aryl methyl sites for hydroxylation is 2. The lowest BCUT2D eigenvalue weighted by molar-refractivity contribution is -0.130. The van der Waals surface area contributed by atoms with Gasteiger partial charge in [0.05, 0.1) is 19.3 Å². The van der Waals surface area contributed by atoms with Crippen LogP contribution in [0.3, 0.4) is 0 Å². The Labute approximate surface area is 155 Å². The molecule has 0 spiro atoms. The summed E-state index contributed by atoms with van der Waals surface area (Å²) in [6.07, 6.45) is 7.33.